The van der Waals surface area contributed by atoms with Gasteiger partial charge in [-0.15, -0.1) is 11.8 Å². The van der Waals surface area contributed by atoms with Crippen molar-refractivity contribution in [2.75, 3.05) is 44.5 Å². The van der Waals surface area contributed by atoms with E-state index in [2.05, 4.69) is 10.3 Å². The van der Waals surface area contributed by atoms with Crippen LogP contribution in [0.15, 0.2) is 46.5 Å². The first-order valence-corrected chi connectivity index (χ1v) is 12.0. The molecule has 1 aliphatic rings. The molecule has 2 heterocycles. The van der Waals surface area contributed by atoms with Gasteiger partial charge in [-0.25, -0.2) is 13.4 Å². The van der Waals surface area contributed by atoms with Crippen LogP contribution in [0.5, 0.6) is 5.75 Å². The van der Waals surface area contributed by atoms with Gasteiger partial charge < -0.3 is 14.8 Å². The summed E-state index contributed by atoms with van der Waals surface area (Å²) in [7, 11) is -2.05. The Bertz CT molecular complexity index is 980. The van der Waals surface area contributed by atoms with Crippen LogP contribution in [0, 0.1) is 0 Å². The Hall–Kier alpha value is -1.85. The number of carbonyl (C=O) groups is 1. The van der Waals surface area contributed by atoms with Crippen LogP contribution in [0.4, 0.5) is 5.69 Å². The van der Waals surface area contributed by atoms with Crippen LogP contribution in [0.1, 0.15) is 6.42 Å². The largest absolute Gasteiger partial charge is 0.495 e. The molecule has 0 atom stereocenters. The maximum absolute atomic E-state index is 12.6. The number of benzene rings is 1. The molecule has 0 bridgehead atoms. The van der Waals surface area contributed by atoms with Crippen molar-refractivity contribution in [3.63, 3.8) is 0 Å². The molecule has 0 unspecified atom stereocenters. The van der Waals surface area contributed by atoms with Crippen LogP contribution in [0.3, 0.4) is 0 Å². The summed E-state index contributed by atoms with van der Waals surface area (Å²) < 4.78 is 37.0. The van der Waals surface area contributed by atoms with Crippen LogP contribution < -0.4 is 10.1 Å². The van der Waals surface area contributed by atoms with Gasteiger partial charge in [0.2, 0.25) is 15.9 Å². The van der Waals surface area contributed by atoms with Crippen molar-refractivity contribution < 1.29 is 22.7 Å². The SMILES string of the molecule is COc1ccc(Cl)cc1NC(=O)CCSc1ccc(S(=O)(=O)N2CCOCC2)cn1. The molecule has 0 radical (unpaired) electrons. The fourth-order valence-electron chi connectivity index (χ4n) is 2.78. The summed E-state index contributed by atoms with van der Waals surface area (Å²) in [5.74, 6) is 0.825. The standard InChI is InChI=1S/C19H22ClN3O5S2/c1-27-17-4-2-14(20)12-16(17)22-18(24)6-11-29-19-5-3-15(13-21-19)30(25,26)23-7-9-28-10-8-23/h2-5,12-13H,6-11H2,1H3,(H,22,24). The number of aromatic nitrogens is 1. The van der Waals surface area contributed by atoms with E-state index in [-0.39, 0.29) is 17.2 Å². The molecule has 11 heteroatoms. The topological polar surface area (TPSA) is 97.8 Å². The van der Waals surface area contributed by atoms with Crippen LogP contribution in [-0.2, 0) is 19.6 Å². The normalized spacial score (nSPS) is 15.0. The number of rotatable bonds is 8. The first-order chi connectivity index (χ1) is 14.4. The summed E-state index contributed by atoms with van der Waals surface area (Å²) in [6.45, 7) is 1.46. The number of sulfonamides is 1. The number of thioether (sulfide) groups is 1. The fourth-order valence-corrected chi connectivity index (χ4v) is 5.09. The molecule has 1 aromatic carbocycles. The number of nitrogens with zero attached hydrogens (tertiary/aromatic N) is 2. The van der Waals surface area contributed by atoms with Gasteiger partial charge in [0.1, 0.15) is 10.6 Å². The molecule has 8 nitrogen and oxygen atoms in total. The highest BCUT2D eigenvalue weighted by Crippen LogP contribution is 2.28. The molecule has 0 aliphatic carbocycles. The number of halogens is 1. The monoisotopic (exact) mass is 471 g/mol. The Morgan fingerprint density at radius 3 is 2.73 bits per heavy atom. The molecule has 1 saturated heterocycles. The lowest BCUT2D eigenvalue weighted by Gasteiger charge is -2.25. The second-order valence-corrected chi connectivity index (χ2v) is 9.83. The highest BCUT2D eigenvalue weighted by Gasteiger charge is 2.26. The molecule has 1 aliphatic heterocycles. The molecule has 30 heavy (non-hydrogen) atoms. The molecule has 162 valence electrons. The van der Waals surface area contributed by atoms with E-state index in [1.54, 1.807) is 24.3 Å². The second kappa shape index (κ2) is 10.5. The minimum atomic E-state index is -3.56. The van der Waals surface area contributed by atoms with Gasteiger partial charge in [0.25, 0.3) is 0 Å². The molecule has 0 spiro atoms. The van der Waals surface area contributed by atoms with Gasteiger partial charge in [-0.05, 0) is 30.3 Å². The predicted octanol–water partition coefficient (Wildman–Crippen LogP) is 2.89. The van der Waals surface area contributed by atoms with Crippen molar-refractivity contribution in [1.82, 2.24) is 9.29 Å². The van der Waals surface area contributed by atoms with Gasteiger partial charge in [-0.1, -0.05) is 11.6 Å². The van der Waals surface area contributed by atoms with E-state index in [1.807, 2.05) is 0 Å². The highest BCUT2D eigenvalue weighted by molar-refractivity contribution is 7.99. The van der Waals surface area contributed by atoms with Crippen LogP contribution in [-0.4, -0.2) is 62.8 Å². The molecule has 0 saturated carbocycles. The van der Waals surface area contributed by atoms with E-state index in [1.165, 1.54) is 35.4 Å². The molecule has 2 aromatic rings. The van der Waals surface area contributed by atoms with Crippen molar-refractivity contribution >= 4 is 45.0 Å². The quantitative estimate of drug-likeness (QED) is 0.591. The zero-order chi connectivity index (χ0) is 21.6. The van der Waals surface area contributed by atoms with Crippen LogP contribution in [0.25, 0.3) is 0 Å². The summed E-state index contributed by atoms with van der Waals surface area (Å²) in [4.78, 5) is 16.6. The van der Waals surface area contributed by atoms with Crippen molar-refractivity contribution in [3.05, 3.63) is 41.6 Å². The molecule has 1 amide bonds. The van der Waals surface area contributed by atoms with Crippen LogP contribution in [0.2, 0.25) is 5.02 Å². The minimum Gasteiger partial charge on any atom is -0.495 e. The van der Waals surface area contributed by atoms with E-state index in [0.717, 1.165) is 0 Å². The number of anilines is 1. The number of hydrogen-bond donors (Lipinski definition) is 1. The third-order valence-corrected chi connectivity index (χ3v) is 7.39. The maximum atomic E-state index is 12.6. The Balaban J connectivity index is 1.52. The summed E-state index contributed by atoms with van der Waals surface area (Å²) in [6.07, 6.45) is 1.60. The summed E-state index contributed by atoms with van der Waals surface area (Å²) in [5.41, 5.74) is 0.510. The third kappa shape index (κ3) is 5.86. The number of methoxy groups -OCH3 is 1. The van der Waals surface area contributed by atoms with E-state index < -0.39 is 10.0 Å². The van der Waals surface area contributed by atoms with Gasteiger partial charge in [-0.2, -0.15) is 4.31 Å². The fraction of sp³-hybridized carbons (Fsp3) is 0.368. The maximum Gasteiger partial charge on any atom is 0.244 e. The average Bonchev–Trinajstić information content (AvgIpc) is 2.75. The highest BCUT2D eigenvalue weighted by atomic mass is 35.5. The lowest BCUT2D eigenvalue weighted by atomic mass is 10.3. The second-order valence-electron chi connectivity index (χ2n) is 6.34. The van der Waals surface area contributed by atoms with Crippen molar-refractivity contribution in [2.45, 2.75) is 16.3 Å². The van der Waals surface area contributed by atoms with E-state index in [0.29, 0.717) is 53.5 Å². The molecule has 3 rings (SSSR count). The first kappa shape index (κ1) is 22.8. The smallest absolute Gasteiger partial charge is 0.244 e. The molecule has 1 N–H and O–H groups in total. The zero-order valence-corrected chi connectivity index (χ0v) is 18.7. The van der Waals surface area contributed by atoms with Crippen LogP contribution >= 0.6 is 23.4 Å². The lowest BCUT2D eigenvalue weighted by molar-refractivity contribution is -0.115. The Kier molecular flexibility index (Phi) is 7.95. The minimum absolute atomic E-state index is 0.152. The molecular weight excluding hydrogens is 450 g/mol. The summed E-state index contributed by atoms with van der Waals surface area (Å²) in [5, 5.41) is 3.92. The van der Waals surface area contributed by atoms with E-state index >= 15 is 0 Å². The molecule has 1 aromatic heterocycles. The number of ether oxygens (including phenoxy) is 2. The Morgan fingerprint density at radius 1 is 1.30 bits per heavy atom. The number of amides is 1. The third-order valence-electron chi connectivity index (χ3n) is 4.33. The lowest BCUT2D eigenvalue weighted by Crippen LogP contribution is -2.40. The Morgan fingerprint density at radius 2 is 2.07 bits per heavy atom. The van der Waals surface area contributed by atoms with Crippen molar-refractivity contribution in [3.8, 4) is 5.75 Å². The van der Waals surface area contributed by atoms with Gasteiger partial charge >= 0.3 is 0 Å². The van der Waals surface area contributed by atoms with Crippen molar-refractivity contribution in [1.29, 1.82) is 0 Å². The van der Waals surface area contributed by atoms with Gasteiger partial charge in [-0.3, -0.25) is 4.79 Å². The Labute approximate surface area is 185 Å². The van der Waals surface area contributed by atoms with Gasteiger partial charge in [0.05, 0.1) is 31.0 Å². The number of hydrogen-bond acceptors (Lipinski definition) is 7. The van der Waals surface area contributed by atoms with Gasteiger partial charge in [0.15, 0.2) is 0 Å². The number of morpholine rings is 1. The first-order valence-electron chi connectivity index (χ1n) is 9.20. The zero-order valence-electron chi connectivity index (χ0n) is 16.3. The molecular formula is C19H22ClN3O5S2. The summed E-state index contributed by atoms with van der Waals surface area (Å²) in [6, 6.07) is 8.18. The van der Waals surface area contributed by atoms with E-state index in [9.17, 15) is 13.2 Å². The number of carbonyl (C=O) groups excluding carboxylic acids is 1. The predicted molar refractivity (Wildman–Crippen MR) is 116 cm³/mol. The van der Waals surface area contributed by atoms with Crippen molar-refractivity contribution in [2.24, 2.45) is 0 Å². The van der Waals surface area contributed by atoms with Gasteiger partial charge in [0, 0.05) is 36.5 Å². The average molecular weight is 472 g/mol. The number of pyridine rings is 1. The van der Waals surface area contributed by atoms with E-state index in [4.69, 9.17) is 21.1 Å². The molecule has 1 fully saturated rings. The summed E-state index contributed by atoms with van der Waals surface area (Å²) >= 11 is 7.33. The number of nitrogens with one attached hydrogen (secondary N) is 1.